The molecule has 4 rings (SSSR count). The number of hydrogen-bond donors (Lipinski definition) is 1. The van der Waals surface area contributed by atoms with Gasteiger partial charge < -0.3 is 10.1 Å². The van der Waals surface area contributed by atoms with Crippen molar-refractivity contribution in [2.45, 2.75) is 18.9 Å². The van der Waals surface area contributed by atoms with Gasteiger partial charge >= 0.3 is 0 Å². The van der Waals surface area contributed by atoms with Crippen LogP contribution in [0.3, 0.4) is 0 Å². The van der Waals surface area contributed by atoms with Crippen molar-refractivity contribution in [1.82, 2.24) is 20.3 Å². The average Bonchev–Trinajstić information content (AvgIpc) is 3.15. The molecular weight excluding hydrogens is 394 g/mol. The molecule has 0 radical (unpaired) electrons. The minimum absolute atomic E-state index is 0.0304. The van der Waals surface area contributed by atoms with Crippen molar-refractivity contribution in [3.8, 4) is 11.9 Å². The Morgan fingerprint density at radius 1 is 1.27 bits per heavy atom. The van der Waals surface area contributed by atoms with Crippen molar-refractivity contribution in [3.63, 3.8) is 0 Å². The van der Waals surface area contributed by atoms with Crippen molar-refractivity contribution < 1.29 is 4.74 Å². The van der Waals surface area contributed by atoms with Crippen molar-refractivity contribution in [2.24, 2.45) is 0 Å². The van der Waals surface area contributed by atoms with Gasteiger partial charge in [-0.3, -0.25) is 4.98 Å². The number of nitrogens with one attached hydrogen (secondary N) is 1. The van der Waals surface area contributed by atoms with Gasteiger partial charge in [0.15, 0.2) is 0 Å². The monoisotopic (exact) mass is 409 g/mol. The first kappa shape index (κ1) is 16.9. The zero-order valence-corrected chi connectivity index (χ0v) is 15.5. The zero-order chi connectivity index (χ0) is 17.9. The predicted molar refractivity (Wildman–Crippen MR) is 101 cm³/mol. The summed E-state index contributed by atoms with van der Waals surface area (Å²) >= 11 is 3.54. The first-order valence-corrected chi connectivity index (χ1v) is 9.19. The van der Waals surface area contributed by atoms with Crippen LogP contribution < -0.4 is 10.1 Å². The molecule has 2 aromatic heterocycles. The molecule has 26 heavy (non-hydrogen) atoms. The maximum absolute atomic E-state index is 9.25. The highest BCUT2D eigenvalue weighted by Crippen LogP contribution is 2.24. The van der Waals surface area contributed by atoms with Crippen molar-refractivity contribution >= 4 is 26.7 Å². The summed E-state index contributed by atoms with van der Waals surface area (Å²) in [7, 11) is 0. The summed E-state index contributed by atoms with van der Waals surface area (Å²) in [4.78, 5) is 13.2. The summed E-state index contributed by atoms with van der Waals surface area (Å²) in [6.45, 7) is 1.67. The molecule has 0 spiro atoms. The fourth-order valence-electron chi connectivity index (χ4n) is 3.00. The van der Waals surface area contributed by atoms with Gasteiger partial charge in [0.25, 0.3) is 5.88 Å². The molecule has 0 aliphatic carbocycles. The molecule has 1 saturated heterocycles. The first-order chi connectivity index (χ1) is 12.7. The Balaban J connectivity index is 1.60. The van der Waals surface area contributed by atoms with Crippen LogP contribution in [0.25, 0.3) is 10.8 Å². The summed E-state index contributed by atoms with van der Waals surface area (Å²) in [6, 6.07) is 10.1. The van der Waals surface area contributed by atoms with Crippen LogP contribution in [-0.4, -0.2) is 34.1 Å². The molecule has 6 nitrogen and oxygen atoms in total. The third-order valence-corrected chi connectivity index (χ3v) is 5.01. The van der Waals surface area contributed by atoms with E-state index in [1.807, 2.05) is 24.4 Å². The van der Waals surface area contributed by atoms with E-state index in [9.17, 15) is 5.26 Å². The molecule has 3 heterocycles. The fraction of sp³-hybridized carbons (Fsp3) is 0.263. The highest BCUT2D eigenvalue weighted by molar-refractivity contribution is 9.10. The largest absolute Gasteiger partial charge is 0.471 e. The number of hydrogen-bond acceptors (Lipinski definition) is 6. The van der Waals surface area contributed by atoms with Gasteiger partial charge in [-0.2, -0.15) is 5.26 Å². The third kappa shape index (κ3) is 3.52. The standard InChI is InChI=1S/C19H16BrN5O/c20-17-3-1-2-12-6-13(23-11-16(12)17)7-14-9-24-18(8-21)19(25-14)26-15-4-5-22-10-15/h1-3,6,9,11,15,22H,4-5,7,10H2/t15-/m1/s1. The zero-order valence-electron chi connectivity index (χ0n) is 13.9. The van der Waals surface area contributed by atoms with Gasteiger partial charge in [0.05, 0.1) is 11.9 Å². The van der Waals surface area contributed by atoms with Crippen LogP contribution in [0, 0.1) is 11.3 Å². The van der Waals surface area contributed by atoms with Gasteiger partial charge in [-0.05, 0) is 30.5 Å². The van der Waals surface area contributed by atoms with Crippen LogP contribution in [-0.2, 0) is 6.42 Å². The number of nitrogens with zero attached hydrogens (tertiary/aromatic N) is 4. The number of aromatic nitrogens is 3. The molecule has 3 aromatic rings. The number of fused-ring (bicyclic) bond motifs is 1. The first-order valence-electron chi connectivity index (χ1n) is 8.39. The van der Waals surface area contributed by atoms with Gasteiger partial charge in [-0.25, -0.2) is 9.97 Å². The summed E-state index contributed by atoms with van der Waals surface area (Å²) in [5.74, 6) is 0.308. The SMILES string of the molecule is N#Cc1ncc(Cc2cc3cccc(Br)c3cn2)nc1O[C@@H]1CCNC1. The van der Waals surface area contributed by atoms with Gasteiger partial charge in [0, 0.05) is 34.7 Å². The summed E-state index contributed by atoms with van der Waals surface area (Å²) < 4.78 is 6.90. The lowest BCUT2D eigenvalue weighted by Gasteiger charge is -2.13. The lowest BCUT2D eigenvalue weighted by molar-refractivity contribution is 0.212. The van der Waals surface area contributed by atoms with E-state index in [0.717, 1.165) is 46.1 Å². The summed E-state index contributed by atoms with van der Waals surface area (Å²) in [5.41, 5.74) is 1.84. The van der Waals surface area contributed by atoms with E-state index < -0.39 is 0 Å². The lowest BCUT2D eigenvalue weighted by atomic mass is 10.1. The van der Waals surface area contributed by atoms with Crippen molar-refractivity contribution in [3.05, 3.63) is 58.2 Å². The maximum atomic E-state index is 9.25. The van der Waals surface area contributed by atoms with Crippen LogP contribution in [0.15, 0.2) is 41.1 Å². The van der Waals surface area contributed by atoms with Crippen molar-refractivity contribution in [2.75, 3.05) is 13.1 Å². The van der Waals surface area contributed by atoms with Crippen LogP contribution in [0.2, 0.25) is 0 Å². The molecule has 0 amide bonds. The minimum Gasteiger partial charge on any atom is -0.471 e. The predicted octanol–water partition coefficient (Wildman–Crippen LogP) is 2.99. The summed E-state index contributed by atoms with van der Waals surface area (Å²) in [5, 5.41) is 14.7. The number of pyridine rings is 1. The molecule has 1 fully saturated rings. The number of benzene rings is 1. The molecule has 1 atom stereocenters. The highest BCUT2D eigenvalue weighted by atomic mass is 79.9. The van der Waals surface area contributed by atoms with E-state index in [-0.39, 0.29) is 11.8 Å². The molecule has 7 heteroatoms. The number of rotatable bonds is 4. The van der Waals surface area contributed by atoms with Gasteiger partial charge in [0.1, 0.15) is 12.2 Å². The number of halogens is 1. The third-order valence-electron chi connectivity index (χ3n) is 4.32. The molecule has 0 unspecified atom stereocenters. The topological polar surface area (TPSA) is 83.7 Å². The van der Waals surface area contributed by atoms with E-state index in [1.54, 1.807) is 6.20 Å². The summed E-state index contributed by atoms with van der Waals surface area (Å²) in [6.07, 6.45) is 4.93. The molecular formula is C19H16BrN5O. The molecule has 1 aliphatic rings. The van der Waals surface area contributed by atoms with Crippen LogP contribution in [0.5, 0.6) is 5.88 Å². The van der Waals surface area contributed by atoms with Gasteiger partial charge in [-0.1, -0.05) is 28.1 Å². The maximum Gasteiger partial charge on any atom is 0.251 e. The Hall–Kier alpha value is -2.56. The Morgan fingerprint density at radius 2 is 2.19 bits per heavy atom. The highest BCUT2D eigenvalue weighted by Gasteiger charge is 2.19. The Kier molecular flexibility index (Phi) is 4.78. The van der Waals surface area contributed by atoms with E-state index >= 15 is 0 Å². The quantitative estimate of drug-likeness (QED) is 0.712. The van der Waals surface area contributed by atoms with E-state index in [1.165, 1.54) is 0 Å². The minimum atomic E-state index is 0.0304. The Morgan fingerprint density at radius 3 is 3.00 bits per heavy atom. The second kappa shape index (κ2) is 7.36. The van der Waals surface area contributed by atoms with Crippen LogP contribution >= 0.6 is 15.9 Å². The molecule has 1 aromatic carbocycles. The molecule has 0 bridgehead atoms. The van der Waals surface area contributed by atoms with E-state index in [4.69, 9.17) is 4.74 Å². The second-order valence-corrected chi connectivity index (χ2v) is 7.03. The molecule has 1 N–H and O–H groups in total. The molecule has 1 aliphatic heterocycles. The smallest absolute Gasteiger partial charge is 0.251 e. The number of ether oxygens (including phenoxy) is 1. The van der Waals surface area contributed by atoms with E-state index in [2.05, 4.69) is 48.3 Å². The van der Waals surface area contributed by atoms with Crippen LogP contribution in [0.4, 0.5) is 0 Å². The Labute approximate surface area is 159 Å². The normalized spacial score (nSPS) is 16.5. The van der Waals surface area contributed by atoms with Gasteiger partial charge in [-0.15, -0.1) is 0 Å². The van der Waals surface area contributed by atoms with Gasteiger partial charge in [0.2, 0.25) is 5.69 Å². The van der Waals surface area contributed by atoms with Crippen molar-refractivity contribution in [1.29, 1.82) is 5.26 Å². The number of nitriles is 1. The molecule has 0 saturated carbocycles. The van der Waals surface area contributed by atoms with E-state index in [0.29, 0.717) is 12.3 Å². The average molecular weight is 410 g/mol. The lowest BCUT2D eigenvalue weighted by Crippen LogP contribution is -2.21. The van der Waals surface area contributed by atoms with Crippen LogP contribution in [0.1, 0.15) is 23.5 Å². The Bertz CT molecular complexity index is 995. The fourth-order valence-corrected chi connectivity index (χ4v) is 3.48. The molecule has 130 valence electrons. The second-order valence-electron chi connectivity index (χ2n) is 6.17.